The molecule has 2 aromatic carbocycles. The number of benzene rings is 2. The summed E-state index contributed by atoms with van der Waals surface area (Å²) in [5, 5.41) is 11.1. The smallest absolute Gasteiger partial charge is 0.322 e. The average Bonchev–Trinajstić information content (AvgIpc) is 3.53. The highest BCUT2D eigenvalue weighted by Crippen LogP contribution is 2.28. The lowest BCUT2D eigenvalue weighted by Gasteiger charge is -2.15. The van der Waals surface area contributed by atoms with Gasteiger partial charge in [-0.1, -0.05) is 23.3 Å². The van der Waals surface area contributed by atoms with Crippen molar-refractivity contribution in [1.29, 1.82) is 0 Å². The van der Waals surface area contributed by atoms with Gasteiger partial charge in [0.15, 0.2) is 5.76 Å². The predicted molar refractivity (Wildman–Crippen MR) is 112 cm³/mol. The number of furan rings is 1. The minimum Gasteiger partial charge on any atom is -0.451 e. The third-order valence-corrected chi connectivity index (χ3v) is 7.01. The van der Waals surface area contributed by atoms with E-state index in [-0.39, 0.29) is 22.4 Å². The number of aromatic nitrogens is 2. The van der Waals surface area contributed by atoms with E-state index in [9.17, 15) is 13.2 Å². The van der Waals surface area contributed by atoms with E-state index in [1.54, 1.807) is 6.07 Å². The first-order chi connectivity index (χ1) is 15.0. The van der Waals surface area contributed by atoms with Gasteiger partial charge in [-0.25, -0.2) is 8.42 Å². The van der Waals surface area contributed by atoms with E-state index < -0.39 is 15.9 Å². The fraction of sp³-hybridized carbons (Fsp3) is 0.190. The van der Waals surface area contributed by atoms with Crippen molar-refractivity contribution >= 4 is 32.9 Å². The van der Waals surface area contributed by atoms with Gasteiger partial charge >= 0.3 is 6.01 Å². The molecule has 3 heterocycles. The van der Waals surface area contributed by atoms with E-state index in [0.717, 1.165) is 18.2 Å². The summed E-state index contributed by atoms with van der Waals surface area (Å²) < 4.78 is 37.8. The van der Waals surface area contributed by atoms with Gasteiger partial charge in [-0.2, -0.15) is 4.31 Å². The van der Waals surface area contributed by atoms with Crippen LogP contribution >= 0.6 is 0 Å². The Morgan fingerprint density at radius 1 is 0.968 bits per heavy atom. The van der Waals surface area contributed by atoms with Crippen molar-refractivity contribution in [2.75, 3.05) is 18.4 Å². The molecule has 1 fully saturated rings. The number of carbonyl (C=O) groups is 1. The van der Waals surface area contributed by atoms with Crippen LogP contribution in [0, 0.1) is 0 Å². The van der Waals surface area contributed by atoms with Gasteiger partial charge in [0.2, 0.25) is 10.0 Å². The molecule has 1 N–H and O–H groups in total. The van der Waals surface area contributed by atoms with E-state index in [1.165, 1.54) is 28.6 Å². The number of carbonyl (C=O) groups excluding carboxylic acids is 1. The van der Waals surface area contributed by atoms with Crippen molar-refractivity contribution in [1.82, 2.24) is 14.5 Å². The summed E-state index contributed by atoms with van der Waals surface area (Å²) in [4.78, 5) is 12.7. The van der Waals surface area contributed by atoms with Crippen LogP contribution in [-0.4, -0.2) is 41.9 Å². The van der Waals surface area contributed by atoms with E-state index in [2.05, 4.69) is 15.5 Å². The van der Waals surface area contributed by atoms with E-state index >= 15 is 0 Å². The number of fused-ring (bicyclic) bond motifs is 1. The minimum atomic E-state index is -3.53. The fourth-order valence-corrected chi connectivity index (χ4v) is 5.00. The van der Waals surface area contributed by atoms with Crippen molar-refractivity contribution < 1.29 is 22.0 Å². The normalized spacial score (nSPS) is 14.8. The topological polar surface area (TPSA) is 119 Å². The average molecular weight is 438 g/mol. The summed E-state index contributed by atoms with van der Waals surface area (Å²) in [6.07, 6.45) is 1.72. The number of amides is 1. The van der Waals surface area contributed by atoms with Crippen LogP contribution in [0.3, 0.4) is 0 Å². The van der Waals surface area contributed by atoms with Gasteiger partial charge in [-0.05, 0) is 49.2 Å². The first-order valence-corrected chi connectivity index (χ1v) is 11.2. The van der Waals surface area contributed by atoms with Crippen molar-refractivity contribution in [3.63, 3.8) is 0 Å². The molecule has 0 aliphatic carbocycles. The number of nitrogens with one attached hydrogen (secondary N) is 1. The Hall–Kier alpha value is -3.50. The number of sulfonamides is 1. The number of nitrogens with zero attached hydrogens (tertiary/aromatic N) is 3. The van der Waals surface area contributed by atoms with Gasteiger partial charge in [0, 0.05) is 24.0 Å². The van der Waals surface area contributed by atoms with Crippen LogP contribution in [0.4, 0.5) is 6.01 Å². The molecule has 9 nitrogen and oxygen atoms in total. The molecule has 1 aliphatic heterocycles. The molecule has 158 valence electrons. The van der Waals surface area contributed by atoms with Gasteiger partial charge < -0.3 is 8.83 Å². The molecule has 0 spiro atoms. The molecule has 10 heteroatoms. The first kappa shape index (κ1) is 19.5. The molecular formula is C21H18N4O5S. The van der Waals surface area contributed by atoms with Crippen LogP contribution in [0.15, 0.2) is 68.3 Å². The molecule has 5 rings (SSSR count). The highest BCUT2D eigenvalue weighted by Gasteiger charge is 2.27. The number of hydrogen-bond donors (Lipinski definition) is 1. The van der Waals surface area contributed by atoms with Crippen molar-refractivity contribution in [2.24, 2.45) is 0 Å². The molecule has 1 saturated heterocycles. The largest absolute Gasteiger partial charge is 0.451 e. The van der Waals surface area contributed by atoms with Crippen molar-refractivity contribution in [3.8, 4) is 11.7 Å². The number of anilines is 1. The second kappa shape index (κ2) is 7.64. The maximum atomic E-state index is 12.6. The Labute approximate surface area is 177 Å². The molecule has 4 aromatic rings. The Morgan fingerprint density at radius 3 is 2.45 bits per heavy atom. The summed E-state index contributed by atoms with van der Waals surface area (Å²) in [6, 6.07) is 14.9. The number of para-hydroxylation sites is 1. The molecule has 1 aliphatic rings. The SMILES string of the molecule is O=C(Nc1nnc(-c2cc3ccccc3o2)o1)c1ccc(S(=O)(=O)N2CCCC2)cc1. The molecule has 1 amide bonds. The van der Waals surface area contributed by atoms with Gasteiger partial charge in [-0.15, -0.1) is 5.10 Å². The molecule has 31 heavy (non-hydrogen) atoms. The van der Waals surface area contributed by atoms with Crippen LogP contribution < -0.4 is 5.32 Å². The van der Waals surface area contributed by atoms with Crippen LogP contribution in [0.5, 0.6) is 0 Å². The number of rotatable bonds is 5. The van der Waals surface area contributed by atoms with Crippen LogP contribution in [-0.2, 0) is 10.0 Å². The standard InChI is InChI=1S/C21H18N4O5S/c26-19(14-7-9-16(10-8-14)31(27,28)25-11-3-4-12-25)22-21-24-23-20(30-21)18-13-15-5-1-2-6-17(15)29-18/h1-2,5-10,13H,3-4,11-12H2,(H,22,24,26). The van der Waals surface area contributed by atoms with Crippen LogP contribution in [0.25, 0.3) is 22.6 Å². The second-order valence-corrected chi connectivity index (χ2v) is 9.09. The Bertz CT molecular complexity index is 1320. The third kappa shape index (κ3) is 3.71. The highest BCUT2D eigenvalue weighted by atomic mass is 32.2. The molecule has 0 atom stereocenters. The summed E-state index contributed by atoms with van der Waals surface area (Å²) in [7, 11) is -3.53. The Kier molecular flexibility index (Phi) is 4.79. The van der Waals surface area contributed by atoms with E-state index in [0.29, 0.717) is 24.4 Å². The molecular weight excluding hydrogens is 420 g/mol. The van der Waals surface area contributed by atoms with E-state index in [1.807, 2.05) is 24.3 Å². The second-order valence-electron chi connectivity index (χ2n) is 7.15. The maximum Gasteiger partial charge on any atom is 0.322 e. The lowest BCUT2D eigenvalue weighted by Crippen LogP contribution is -2.27. The molecule has 0 unspecified atom stereocenters. The van der Waals surface area contributed by atoms with Crippen LogP contribution in [0.2, 0.25) is 0 Å². The third-order valence-electron chi connectivity index (χ3n) is 5.10. The van der Waals surface area contributed by atoms with Gasteiger partial charge in [-0.3, -0.25) is 10.1 Å². The monoisotopic (exact) mass is 438 g/mol. The van der Waals surface area contributed by atoms with Gasteiger partial charge in [0.1, 0.15) is 5.58 Å². The van der Waals surface area contributed by atoms with Crippen LogP contribution in [0.1, 0.15) is 23.2 Å². The fourth-order valence-electron chi connectivity index (χ4n) is 3.49. The van der Waals surface area contributed by atoms with Crippen molar-refractivity contribution in [2.45, 2.75) is 17.7 Å². The molecule has 0 radical (unpaired) electrons. The maximum absolute atomic E-state index is 12.6. The zero-order chi connectivity index (χ0) is 21.4. The lowest BCUT2D eigenvalue weighted by atomic mass is 10.2. The zero-order valence-corrected chi connectivity index (χ0v) is 17.1. The predicted octanol–water partition coefficient (Wildman–Crippen LogP) is 3.52. The Morgan fingerprint density at radius 2 is 1.71 bits per heavy atom. The minimum absolute atomic E-state index is 0.0887. The summed E-state index contributed by atoms with van der Waals surface area (Å²) in [6.45, 7) is 1.05. The van der Waals surface area contributed by atoms with Gasteiger partial charge in [0.25, 0.3) is 11.8 Å². The zero-order valence-electron chi connectivity index (χ0n) is 16.3. The Balaban J connectivity index is 1.30. The molecule has 0 saturated carbocycles. The van der Waals surface area contributed by atoms with Crippen molar-refractivity contribution in [3.05, 3.63) is 60.2 Å². The highest BCUT2D eigenvalue weighted by molar-refractivity contribution is 7.89. The van der Waals surface area contributed by atoms with E-state index in [4.69, 9.17) is 8.83 Å². The molecule has 0 bridgehead atoms. The first-order valence-electron chi connectivity index (χ1n) is 9.75. The summed E-state index contributed by atoms with van der Waals surface area (Å²) in [5.41, 5.74) is 0.953. The van der Waals surface area contributed by atoms with Gasteiger partial charge in [0.05, 0.1) is 4.90 Å². The number of hydrogen-bond acceptors (Lipinski definition) is 7. The summed E-state index contributed by atoms with van der Waals surface area (Å²) >= 11 is 0. The summed E-state index contributed by atoms with van der Waals surface area (Å²) in [5.74, 6) is 0.0363. The quantitative estimate of drug-likeness (QED) is 0.506. The molecule has 2 aromatic heterocycles. The lowest BCUT2D eigenvalue weighted by molar-refractivity contribution is 0.102.